The second kappa shape index (κ2) is 6.36. The van der Waals surface area contributed by atoms with Gasteiger partial charge >= 0.3 is 0 Å². The van der Waals surface area contributed by atoms with Gasteiger partial charge in [0, 0.05) is 24.2 Å². The van der Waals surface area contributed by atoms with E-state index in [1.807, 2.05) is 17.0 Å². The van der Waals surface area contributed by atoms with Crippen LogP contribution in [-0.2, 0) is 4.79 Å². The van der Waals surface area contributed by atoms with Gasteiger partial charge in [-0.2, -0.15) is 0 Å². The van der Waals surface area contributed by atoms with Crippen molar-refractivity contribution in [1.29, 1.82) is 0 Å². The summed E-state index contributed by atoms with van der Waals surface area (Å²) in [6, 6.07) is 10.2. The highest BCUT2D eigenvalue weighted by Crippen LogP contribution is 2.52. The Hall–Kier alpha value is -2.36. The third-order valence-corrected chi connectivity index (χ3v) is 5.84. The molecular weight excluding hydrogens is 341 g/mol. The van der Waals surface area contributed by atoms with E-state index in [0.29, 0.717) is 23.0 Å². The maximum absolute atomic E-state index is 13.0. The molecular formula is C23H26FNO2. The monoisotopic (exact) mass is 367 g/mol. The van der Waals surface area contributed by atoms with Crippen molar-refractivity contribution in [2.24, 2.45) is 10.8 Å². The number of halogens is 1. The Labute approximate surface area is 159 Å². The van der Waals surface area contributed by atoms with Gasteiger partial charge in [0.1, 0.15) is 17.3 Å². The molecule has 2 aliphatic rings. The number of fused-ring (bicyclic) bond motifs is 2. The van der Waals surface area contributed by atoms with E-state index < -0.39 is 0 Å². The highest BCUT2D eigenvalue weighted by molar-refractivity contribution is 5.92. The van der Waals surface area contributed by atoms with Crippen molar-refractivity contribution in [3.05, 3.63) is 54.1 Å². The largest absolute Gasteiger partial charge is 0.457 e. The third-order valence-electron chi connectivity index (χ3n) is 5.84. The summed E-state index contributed by atoms with van der Waals surface area (Å²) in [6.07, 6.45) is 6.68. The van der Waals surface area contributed by atoms with Crippen LogP contribution in [0.1, 0.15) is 45.8 Å². The number of benzene rings is 1. The molecule has 1 amide bonds. The predicted octanol–water partition coefficient (Wildman–Crippen LogP) is 5.53. The second-order valence-electron chi connectivity index (χ2n) is 9.22. The van der Waals surface area contributed by atoms with Crippen molar-refractivity contribution >= 4 is 12.0 Å². The van der Waals surface area contributed by atoms with E-state index in [2.05, 4.69) is 20.8 Å². The lowest BCUT2D eigenvalue weighted by molar-refractivity contribution is -0.127. The number of hydrogen-bond donors (Lipinski definition) is 0. The Bertz CT molecular complexity index is 880. The highest BCUT2D eigenvalue weighted by atomic mass is 19.1. The maximum Gasteiger partial charge on any atom is 0.246 e. The number of hydrogen-bond acceptors (Lipinski definition) is 2. The van der Waals surface area contributed by atoms with Gasteiger partial charge in [-0.05, 0) is 72.6 Å². The molecule has 27 heavy (non-hydrogen) atoms. The Morgan fingerprint density at radius 1 is 1.15 bits per heavy atom. The summed E-state index contributed by atoms with van der Waals surface area (Å²) in [5, 5.41) is 0. The van der Waals surface area contributed by atoms with E-state index in [4.69, 9.17) is 4.42 Å². The van der Waals surface area contributed by atoms with Gasteiger partial charge in [0.2, 0.25) is 5.91 Å². The molecule has 1 aliphatic carbocycles. The summed E-state index contributed by atoms with van der Waals surface area (Å²) < 4.78 is 18.8. The van der Waals surface area contributed by atoms with Crippen LogP contribution in [0.4, 0.5) is 4.39 Å². The van der Waals surface area contributed by atoms with Gasteiger partial charge in [0.25, 0.3) is 0 Å². The molecule has 4 rings (SSSR count). The van der Waals surface area contributed by atoms with Crippen LogP contribution in [0.2, 0.25) is 0 Å². The van der Waals surface area contributed by atoms with Gasteiger partial charge in [0.15, 0.2) is 0 Å². The molecule has 2 fully saturated rings. The summed E-state index contributed by atoms with van der Waals surface area (Å²) in [5.74, 6) is 1.06. The number of amides is 1. The SMILES string of the molecule is CC1(C)C[C@H]2C[C@](C)(CN2C(=O)/C=C/c2ccc(-c3ccc(F)cc3)o2)C1. The molecule has 1 aliphatic heterocycles. The van der Waals surface area contributed by atoms with E-state index >= 15 is 0 Å². The molecule has 1 aromatic heterocycles. The van der Waals surface area contributed by atoms with Crippen molar-refractivity contribution in [2.75, 3.05) is 6.54 Å². The average Bonchev–Trinajstić information content (AvgIpc) is 3.14. The summed E-state index contributed by atoms with van der Waals surface area (Å²) in [4.78, 5) is 14.8. The fraction of sp³-hybridized carbons (Fsp3) is 0.435. The summed E-state index contributed by atoms with van der Waals surface area (Å²) in [7, 11) is 0. The zero-order valence-electron chi connectivity index (χ0n) is 16.2. The first-order valence-corrected chi connectivity index (χ1v) is 9.58. The van der Waals surface area contributed by atoms with Crippen molar-refractivity contribution in [1.82, 2.24) is 4.90 Å². The van der Waals surface area contributed by atoms with Crippen LogP contribution in [-0.4, -0.2) is 23.4 Å². The van der Waals surface area contributed by atoms with Gasteiger partial charge in [-0.3, -0.25) is 4.79 Å². The number of furan rings is 1. The molecule has 0 unspecified atom stereocenters. The van der Waals surface area contributed by atoms with Gasteiger partial charge in [-0.15, -0.1) is 0 Å². The van der Waals surface area contributed by atoms with Crippen LogP contribution in [0, 0.1) is 16.6 Å². The molecule has 2 atom stereocenters. The number of carbonyl (C=O) groups excluding carboxylic acids is 1. The minimum atomic E-state index is -0.274. The molecule has 1 saturated carbocycles. The predicted molar refractivity (Wildman–Crippen MR) is 104 cm³/mol. The number of nitrogens with zero attached hydrogens (tertiary/aromatic N) is 1. The van der Waals surface area contributed by atoms with Crippen LogP contribution in [0.3, 0.4) is 0 Å². The first-order valence-electron chi connectivity index (χ1n) is 9.58. The normalized spacial score (nSPS) is 26.7. The first-order chi connectivity index (χ1) is 12.7. The third kappa shape index (κ3) is 3.71. The Morgan fingerprint density at radius 3 is 2.63 bits per heavy atom. The smallest absolute Gasteiger partial charge is 0.246 e. The first kappa shape index (κ1) is 18.0. The van der Waals surface area contributed by atoms with E-state index in [-0.39, 0.29) is 17.1 Å². The van der Waals surface area contributed by atoms with Crippen LogP contribution < -0.4 is 0 Å². The molecule has 3 nitrogen and oxygen atoms in total. The van der Waals surface area contributed by atoms with Crippen molar-refractivity contribution in [3.63, 3.8) is 0 Å². The van der Waals surface area contributed by atoms with E-state index in [9.17, 15) is 9.18 Å². The van der Waals surface area contributed by atoms with Crippen LogP contribution in [0.5, 0.6) is 0 Å². The van der Waals surface area contributed by atoms with Crippen LogP contribution in [0.25, 0.3) is 17.4 Å². The zero-order chi connectivity index (χ0) is 19.2. The molecule has 2 bridgehead atoms. The van der Waals surface area contributed by atoms with Crippen LogP contribution in [0.15, 0.2) is 46.9 Å². The van der Waals surface area contributed by atoms with Gasteiger partial charge < -0.3 is 9.32 Å². The highest BCUT2D eigenvalue weighted by Gasteiger charge is 2.50. The lowest BCUT2D eigenvalue weighted by atomic mass is 9.65. The lowest BCUT2D eigenvalue weighted by Gasteiger charge is -2.39. The Balaban J connectivity index is 1.46. The summed E-state index contributed by atoms with van der Waals surface area (Å²) in [6.45, 7) is 7.75. The van der Waals surface area contributed by atoms with Crippen molar-refractivity contribution in [3.8, 4) is 11.3 Å². The molecule has 0 spiro atoms. The molecule has 0 radical (unpaired) electrons. The molecule has 1 aromatic carbocycles. The van der Waals surface area contributed by atoms with Gasteiger partial charge in [-0.1, -0.05) is 20.8 Å². The molecule has 142 valence electrons. The van der Waals surface area contributed by atoms with Gasteiger partial charge in [0.05, 0.1) is 0 Å². The second-order valence-corrected chi connectivity index (χ2v) is 9.22. The quantitative estimate of drug-likeness (QED) is 0.669. The molecule has 0 N–H and O–H groups in total. The lowest BCUT2D eigenvalue weighted by Crippen LogP contribution is -2.36. The maximum atomic E-state index is 13.0. The molecule has 4 heteroatoms. The van der Waals surface area contributed by atoms with E-state index in [0.717, 1.165) is 24.9 Å². The van der Waals surface area contributed by atoms with Crippen molar-refractivity contribution < 1.29 is 13.6 Å². The minimum Gasteiger partial charge on any atom is -0.457 e. The fourth-order valence-electron chi connectivity index (χ4n) is 5.18. The van der Waals surface area contributed by atoms with Crippen molar-refractivity contribution in [2.45, 2.75) is 46.1 Å². The van der Waals surface area contributed by atoms with Gasteiger partial charge in [-0.25, -0.2) is 4.39 Å². The standard InChI is InChI=1S/C23H26FNO2/c1-22(2)12-18-13-23(3,14-22)15-25(18)21(26)11-9-19-8-10-20(27-19)16-4-6-17(24)7-5-16/h4-11,18H,12-15H2,1-3H3/b11-9+/t18-,23-/m0/s1. The fourth-order valence-corrected chi connectivity index (χ4v) is 5.18. The Morgan fingerprint density at radius 2 is 1.89 bits per heavy atom. The summed E-state index contributed by atoms with van der Waals surface area (Å²) >= 11 is 0. The topological polar surface area (TPSA) is 33.5 Å². The van der Waals surface area contributed by atoms with E-state index in [1.54, 1.807) is 24.3 Å². The zero-order valence-corrected chi connectivity index (χ0v) is 16.2. The molecule has 1 saturated heterocycles. The molecule has 2 aromatic rings. The van der Waals surface area contributed by atoms with E-state index in [1.165, 1.54) is 18.6 Å². The average molecular weight is 367 g/mol. The number of likely N-dealkylation sites (tertiary alicyclic amines) is 1. The number of carbonyl (C=O) groups is 1. The van der Waals surface area contributed by atoms with Crippen LogP contribution >= 0.6 is 0 Å². The Kier molecular flexibility index (Phi) is 4.25. The molecule has 2 heterocycles. The summed E-state index contributed by atoms with van der Waals surface area (Å²) in [5.41, 5.74) is 1.34. The minimum absolute atomic E-state index is 0.0566. The number of rotatable bonds is 3.